The van der Waals surface area contributed by atoms with Gasteiger partial charge in [0.05, 0.1) is 5.92 Å². The van der Waals surface area contributed by atoms with E-state index in [-0.39, 0.29) is 11.8 Å². The number of aliphatic carboxylic acids is 2. The van der Waals surface area contributed by atoms with Gasteiger partial charge in [-0.25, -0.2) is 0 Å². The first-order chi connectivity index (χ1) is 9.08. The van der Waals surface area contributed by atoms with E-state index in [9.17, 15) is 19.8 Å². The highest BCUT2D eigenvalue weighted by Crippen LogP contribution is 2.57. The maximum absolute atomic E-state index is 11.9. The van der Waals surface area contributed by atoms with E-state index in [4.69, 9.17) is 0 Å². The molecule has 2 N–H and O–H groups in total. The summed E-state index contributed by atoms with van der Waals surface area (Å²) in [6.45, 7) is 0. The number of carboxylic acids is 2. The maximum Gasteiger partial charge on any atom is 0.315 e. The fourth-order valence-corrected chi connectivity index (χ4v) is 3.78. The van der Waals surface area contributed by atoms with Gasteiger partial charge in [0, 0.05) is 0 Å². The Balaban J connectivity index is 2.23. The summed E-state index contributed by atoms with van der Waals surface area (Å²) in [5.74, 6) is -3.37. The minimum atomic E-state index is -1.33. The third kappa shape index (κ3) is 1.40. The minimum Gasteiger partial charge on any atom is -0.481 e. The molecule has 2 aliphatic rings. The van der Waals surface area contributed by atoms with E-state index >= 15 is 0 Å². The van der Waals surface area contributed by atoms with Crippen molar-refractivity contribution >= 4 is 11.9 Å². The number of benzene rings is 1. The largest absolute Gasteiger partial charge is 0.481 e. The number of carbonyl (C=O) groups is 2. The predicted molar refractivity (Wildman–Crippen MR) is 67.6 cm³/mol. The molecule has 0 aromatic heterocycles. The highest BCUT2D eigenvalue weighted by atomic mass is 16.4. The van der Waals surface area contributed by atoms with Crippen LogP contribution in [0.4, 0.5) is 0 Å². The molecule has 0 aliphatic heterocycles. The zero-order chi connectivity index (χ0) is 13.6. The number of carboxylic acid groups (broad SMARTS) is 2. The van der Waals surface area contributed by atoms with Crippen LogP contribution in [0.15, 0.2) is 42.5 Å². The van der Waals surface area contributed by atoms with Crippen LogP contribution in [-0.2, 0) is 15.0 Å². The third-order valence-electron chi connectivity index (χ3n) is 4.49. The zero-order valence-electron chi connectivity index (χ0n) is 10.2. The average Bonchev–Trinajstić information content (AvgIpc) is 2.98. The number of rotatable bonds is 3. The van der Waals surface area contributed by atoms with E-state index in [1.165, 1.54) is 0 Å². The Kier molecular flexibility index (Phi) is 2.49. The fourth-order valence-electron chi connectivity index (χ4n) is 3.78. The molecule has 0 amide bonds. The summed E-state index contributed by atoms with van der Waals surface area (Å²) in [6.07, 6.45) is 4.33. The monoisotopic (exact) mass is 258 g/mol. The van der Waals surface area contributed by atoms with Crippen LogP contribution in [0.25, 0.3) is 0 Å². The molecule has 1 aromatic rings. The van der Waals surface area contributed by atoms with Crippen LogP contribution >= 0.6 is 0 Å². The summed E-state index contributed by atoms with van der Waals surface area (Å²) < 4.78 is 0. The number of hydrogen-bond acceptors (Lipinski definition) is 2. The van der Waals surface area contributed by atoms with Crippen molar-refractivity contribution in [1.82, 2.24) is 0 Å². The van der Waals surface area contributed by atoms with Crippen molar-refractivity contribution in [3.05, 3.63) is 48.0 Å². The predicted octanol–water partition coefficient (Wildman–Crippen LogP) is 1.92. The summed E-state index contributed by atoms with van der Waals surface area (Å²) in [4.78, 5) is 23.5. The van der Waals surface area contributed by atoms with Crippen LogP contribution in [0.1, 0.15) is 12.0 Å². The highest BCUT2D eigenvalue weighted by Gasteiger charge is 2.64. The lowest BCUT2D eigenvalue weighted by molar-refractivity contribution is -0.157. The molecule has 0 spiro atoms. The molecule has 1 aromatic carbocycles. The Hall–Kier alpha value is -2.10. The summed E-state index contributed by atoms with van der Waals surface area (Å²) in [6, 6.07) is 8.76. The van der Waals surface area contributed by atoms with Crippen molar-refractivity contribution in [1.29, 1.82) is 0 Å². The number of hydrogen-bond donors (Lipinski definition) is 2. The molecule has 19 heavy (non-hydrogen) atoms. The van der Waals surface area contributed by atoms with E-state index < -0.39 is 23.3 Å². The van der Waals surface area contributed by atoms with Crippen LogP contribution in [0, 0.1) is 17.8 Å². The molecule has 0 saturated heterocycles. The minimum absolute atomic E-state index is 0.182. The third-order valence-corrected chi connectivity index (χ3v) is 4.49. The smallest absolute Gasteiger partial charge is 0.315 e. The average molecular weight is 258 g/mol. The van der Waals surface area contributed by atoms with Crippen LogP contribution in [0.2, 0.25) is 0 Å². The van der Waals surface area contributed by atoms with Gasteiger partial charge in [-0.05, 0) is 23.8 Å². The molecular formula is C15H14O4. The topological polar surface area (TPSA) is 74.6 Å². The molecule has 4 atom stereocenters. The van der Waals surface area contributed by atoms with Gasteiger partial charge in [-0.3, -0.25) is 9.59 Å². The Morgan fingerprint density at radius 1 is 1.11 bits per heavy atom. The van der Waals surface area contributed by atoms with E-state index in [0.717, 1.165) is 0 Å². The molecule has 1 saturated carbocycles. The summed E-state index contributed by atoms with van der Waals surface area (Å²) in [5, 5.41) is 19.2. The van der Waals surface area contributed by atoms with Gasteiger partial charge in [0.25, 0.3) is 0 Å². The highest BCUT2D eigenvalue weighted by molar-refractivity contribution is 5.91. The molecule has 98 valence electrons. The van der Waals surface area contributed by atoms with Crippen LogP contribution in [0.5, 0.6) is 0 Å². The van der Waals surface area contributed by atoms with Gasteiger partial charge in [0.1, 0.15) is 5.41 Å². The lowest BCUT2D eigenvalue weighted by atomic mass is 9.64. The summed E-state index contributed by atoms with van der Waals surface area (Å²) in [7, 11) is 0. The van der Waals surface area contributed by atoms with Crippen molar-refractivity contribution in [2.24, 2.45) is 17.8 Å². The molecule has 0 radical (unpaired) electrons. The SMILES string of the molecule is O=C(O)C1C2C=CC(C2)C1(C(=O)O)c1ccccc1. The van der Waals surface area contributed by atoms with Crippen LogP contribution < -0.4 is 0 Å². The first-order valence-electron chi connectivity index (χ1n) is 6.28. The van der Waals surface area contributed by atoms with Gasteiger partial charge in [0.2, 0.25) is 0 Å². The molecule has 4 nitrogen and oxygen atoms in total. The Labute approximate surface area is 110 Å². The standard InChI is InChI=1S/C15H14O4/c16-13(17)12-9-6-7-11(8-9)15(12,14(18)19)10-4-2-1-3-5-10/h1-7,9,11-12H,8H2,(H,16,17)(H,18,19). The van der Waals surface area contributed by atoms with Gasteiger partial charge in [-0.2, -0.15) is 0 Å². The summed E-state index contributed by atoms with van der Waals surface area (Å²) in [5.41, 5.74) is -0.737. The van der Waals surface area contributed by atoms with E-state index in [1.807, 2.05) is 12.2 Å². The van der Waals surface area contributed by atoms with Gasteiger partial charge < -0.3 is 10.2 Å². The second-order valence-corrected chi connectivity index (χ2v) is 5.25. The van der Waals surface area contributed by atoms with Crippen molar-refractivity contribution in [2.45, 2.75) is 11.8 Å². The second kappa shape index (κ2) is 3.95. The quantitative estimate of drug-likeness (QED) is 0.812. The normalized spacial score (nSPS) is 35.5. The Bertz CT molecular complexity index is 563. The molecule has 2 aliphatic carbocycles. The van der Waals surface area contributed by atoms with E-state index in [0.29, 0.717) is 12.0 Å². The van der Waals surface area contributed by atoms with Crippen molar-refractivity contribution < 1.29 is 19.8 Å². The molecule has 1 fully saturated rings. The first kappa shape index (κ1) is 12.0. The van der Waals surface area contributed by atoms with Crippen LogP contribution in [-0.4, -0.2) is 22.2 Å². The van der Waals surface area contributed by atoms with Gasteiger partial charge >= 0.3 is 11.9 Å². The summed E-state index contributed by atoms with van der Waals surface area (Å²) >= 11 is 0. The maximum atomic E-state index is 11.9. The van der Waals surface area contributed by atoms with Crippen molar-refractivity contribution in [3.8, 4) is 0 Å². The fraction of sp³-hybridized carbons (Fsp3) is 0.333. The van der Waals surface area contributed by atoms with Crippen molar-refractivity contribution in [3.63, 3.8) is 0 Å². The molecule has 0 heterocycles. The number of allylic oxidation sites excluding steroid dienone is 2. The Morgan fingerprint density at radius 2 is 1.79 bits per heavy atom. The molecular weight excluding hydrogens is 244 g/mol. The number of fused-ring (bicyclic) bond motifs is 2. The van der Waals surface area contributed by atoms with E-state index in [2.05, 4.69) is 0 Å². The van der Waals surface area contributed by atoms with Crippen LogP contribution in [0.3, 0.4) is 0 Å². The lowest BCUT2D eigenvalue weighted by Gasteiger charge is -2.36. The molecule has 4 heteroatoms. The molecule has 4 unspecified atom stereocenters. The lowest BCUT2D eigenvalue weighted by Crippen LogP contribution is -2.49. The molecule has 2 bridgehead atoms. The van der Waals surface area contributed by atoms with E-state index in [1.54, 1.807) is 30.3 Å². The first-order valence-corrected chi connectivity index (χ1v) is 6.28. The van der Waals surface area contributed by atoms with Gasteiger partial charge in [-0.15, -0.1) is 0 Å². The molecule has 3 rings (SSSR count). The van der Waals surface area contributed by atoms with Crippen molar-refractivity contribution in [2.75, 3.05) is 0 Å². The second-order valence-electron chi connectivity index (χ2n) is 5.25. The van der Waals surface area contributed by atoms with Gasteiger partial charge in [0.15, 0.2) is 0 Å². The van der Waals surface area contributed by atoms with Gasteiger partial charge in [-0.1, -0.05) is 42.5 Å². The Morgan fingerprint density at radius 3 is 2.37 bits per heavy atom. The zero-order valence-corrected chi connectivity index (χ0v) is 10.2.